The van der Waals surface area contributed by atoms with Crippen molar-refractivity contribution < 1.29 is 36.2 Å². The minimum Gasteiger partial charge on any atom is -0.496 e. The summed E-state index contributed by atoms with van der Waals surface area (Å²) in [6.07, 6.45) is -2.58. The summed E-state index contributed by atoms with van der Waals surface area (Å²) in [6, 6.07) is 6.58. The third-order valence-electron chi connectivity index (χ3n) is 7.56. The van der Waals surface area contributed by atoms with Crippen LogP contribution in [-0.4, -0.2) is 66.1 Å². The molecule has 0 atom stereocenters. The van der Waals surface area contributed by atoms with Crippen molar-refractivity contribution in [3.8, 4) is 23.1 Å². The minimum absolute atomic E-state index is 0.0474. The lowest BCUT2D eigenvalue weighted by molar-refractivity contribution is -0.211. The number of nitrogens with one attached hydrogen (secondary N) is 1. The van der Waals surface area contributed by atoms with E-state index in [1.165, 1.54) is 30.2 Å². The molecule has 2 aromatic rings. The Hall–Kier alpha value is -3.11. The maximum absolute atomic E-state index is 13.4. The molecule has 0 spiro atoms. The molecule has 1 aliphatic rings. The lowest BCUT2D eigenvalue weighted by Gasteiger charge is -2.35. The number of carbonyl (C=O) groups excluding carboxylic acids is 1. The van der Waals surface area contributed by atoms with Crippen molar-refractivity contribution >= 4 is 15.7 Å². The Morgan fingerprint density at radius 2 is 1.93 bits per heavy atom. The molecule has 9 nitrogen and oxygen atoms in total. The quantitative estimate of drug-likeness (QED) is 0.455. The van der Waals surface area contributed by atoms with Gasteiger partial charge in [0.15, 0.2) is 5.69 Å². The number of hydrogen-bond acceptors (Lipinski definition) is 7. The number of methoxy groups -OCH3 is 1. The summed E-state index contributed by atoms with van der Waals surface area (Å²) >= 11 is 0. The number of sulfone groups is 1. The first-order valence-corrected chi connectivity index (χ1v) is 14.9. The molecule has 0 saturated heterocycles. The second kappa shape index (κ2) is 11.4. The van der Waals surface area contributed by atoms with Gasteiger partial charge in [-0.2, -0.15) is 23.5 Å². The number of nitriles is 1. The molecule has 1 aromatic heterocycles. The Kier molecular flexibility index (Phi) is 8.96. The molecular formula is C27H35F3N4O5S. The van der Waals surface area contributed by atoms with E-state index in [9.17, 15) is 36.8 Å². The number of hydrogen-bond donors (Lipinski definition) is 2. The van der Waals surface area contributed by atoms with Crippen molar-refractivity contribution in [1.82, 2.24) is 15.1 Å². The average molecular weight is 585 g/mol. The maximum Gasteiger partial charge on any atom is 0.394 e. The van der Waals surface area contributed by atoms with Gasteiger partial charge in [0, 0.05) is 24.9 Å². The zero-order valence-corrected chi connectivity index (χ0v) is 24.0. The summed E-state index contributed by atoms with van der Waals surface area (Å²) in [5.74, 6) is -0.461. The molecular weight excluding hydrogens is 549 g/mol. The zero-order valence-electron chi connectivity index (χ0n) is 23.2. The van der Waals surface area contributed by atoms with Crippen LogP contribution in [0.25, 0.3) is 11.3 Å². The van der Waals surface area contributed by atoms with E-state index >= 15 is 0 Å². The van der Waals surface area contributed by atoms with Crippen LogP contribution >= 0.6 is 0 Å². The first-order chi connectivity index (χ1) is 18.5. The van der Waals surface area contributed by atoms with Crippen LogP contribution in [0.15, 0.2) is 18.2 Å². The van der Waals surface area contributed by atoms with Gasteiger partial charge in [0.05, 0.1) is 29.1 Å². The monoisotopic (exact) mass is 584 g/mol. The van der Waals surface area contributed by atoms with E-state index < -0.39 is 38.2 Å². The number of ether oxygens (including phenoxy) is 1. The SMILES string of the molecule is CCn1nc(C(=O)NC[C@]2(O)CC[C@@H](S(C)(=O)=O)CC2)c(C#N)c1-c1ccc(CC(C)(C)C(F)(F)F)cc1OC. The fraction of sp³-hybridized carbons (Fsp3) is 0.593. The van der Waals surface area contributed by atoms with Gasteiger partial charge in [0.25, 0.3) is 5.91 Å². The molecule has 1 amide bonds. The van der Waals surface area contributed by atoms with E-state index in [1.807, 2.05) is 6.07 Å². The number of rotatable bonds is 9. The highest BCUT2D eigenvalue weighted by atomic mass is 32.2. The third-order valence-corrected chi connectivity index (χ3v) is 9.24. The molecule has 1 saturated carbocycles. The largest absolute Gasteiger partial charge is 0.496 e. The number of aromatic nitrogens is 2. The predicted octanol–water partition coefficient (Wildman–Crippen LogP) is 4.03. The van der Waals surface area contributed by atoms with Gasteiger partial charge in [-0.05, 0) is 56.7 Å². The van der Waals surface area contributed by atoms with Crippen LogP contribution in [0.4, 0.5) is 13.2 Å². The molecule has 1 aromatic carbocycles. The number of carbonyl (C=O) groups is 1. The lowest BCUT2D eigenvalue weighted by atomic mass is 9.84. The van der Waals surface area contributed by atoms with Crippen LogP contribution in [0.5, 0.6) is 5.75 Å². The van der Waals surface area contributed by atoms with Crippen molar-refractivity contribution in [2.24, 2.45) is 5.41 Å². The fourth-order valence-electron chi connectivity index (χ4n) is 4.94. The third kappa shape index (κ3) is 6.61. The van der Waals surface area contributed by atoms with Gasteiger partial charge < -0.3 is 15.2 Å². The van der Waals surface area contributed by atoms with E-state index in [0.29, 0.717) is 11.1 Å². The number of nitrogens with zero attached hydrogens (tertiary/aromatic N) is 3. The molecule has 2 N–H and O–H groups in total. The average Bonchev–Trinajstić information content (AvgIpc) is 3.24. The number of alkyl halides is 3. The van der Waals surface area contributed by atoms with Crippen molar-refractivity contribution in [2.75, 3.05) is 19.9 Å². The smallest absolute Gasteiger partial charge is 0.394 e. The molecule has 0 aliphatic heterocycles. The maximum atomic E-state index is 13.4. The van der Waals surface area contributed by atoms with Gasteiger partial charge in [-0.25, -0.2) is 8.42 Å². The highest BCUT2D eigenvalue weighted by molar-refractivity contribution is 7.91. The number of amides is 1. The normalized spacial score (nSPS) is 20.1. The molecule has 1 heterocycles. The second-order valence-corrected chi connectivity index (χ2v) is 13.4. The first kappa shape index (κ1) is 31.4. The van der Waals surface area contributed by atoms with Crippen LogP contribution in [-0.2, 0) is 22.8 Å². The van der Waals surface area contributed by atoms with Crippen molar-refractivity contribution in [3.05, 3.63) is 35.0 Å². The number of benzene rings is 1. The Balaban J connectivity index is 1.88. The van der Waals surface area contributed by atoms with Gasteiger partial charge >= 0.3 is 6.18 Å². The van der Waals surface area contributed by atoms with Gasteiger partial charge in [-0.15, -0.1) is 0 Å². The van der Waals surface area contributed by atoms with E-state index in [-0.39, 0.29) is 67.9 Å². The van der Waals surface area contributed by atoms with Crippen LogP contribution in [0, 0.1) is 16.7 Å². The van der Waals surface area contributed by atoms with E-state index in [2.05, 4.69) is 10.4 Å². The number of aryl methyl sites for hydroxylation is 1. The Labute approximate surface area is 232 Å². The topological polar surface area (TPSA) is 134 Å². The summed E-state index contributed by atoms with van der Waals surface area (Å²) in [5, 5.41) is 27.3. The summed E-state index contributed by atoms with van der Waals surface area (Å²) in [4.78, 5) is 13.1. The van der Waals surface area contributed by atoms with Crippen molar-refractivity contribution in [2.45, 2.75) is 76.4 Å². The summed E-state index contributed by atoms with van der Waals surface area (Å²) < 4.78 is 70.9. The van der Waals surface area contributed by atoms with E-state index in [4.69, 9.17) is 4.74 Å². The molecule has 0 radical (unpaired) electrons. The molecule has 0 bridgehead atoms. The van der Waals surface area contributed by atoms with E-state index in [0.717, 1.165) is 13.8 Å². The Bertz CT molecular complexity index is 1400. The standard InChI is InChI=1S/C27H35F3N4O5S/c1-6-34-23(19-8-7-17(13-21(19)39-4)14-25(2,3)27(28,29)30)20(15-31)22(33-34)24(35)32-16-26(36)11-9-18(10-12-26)40(5,37)38/h7-8,13,18,36H,6,9-12,14,16H2,1-5H3,(H,32,35)/t18-,26+. The molecule has 3 rings (SSSR count). The Morgan fingerprint density at radius 1 is 1.30 bits per heavy atom. The number of aliphatic hydroxyl groups is 1. The predicted molar refractivity (Wildman–Crippen MR) is 143 cm³/mol. The fourth-order valence-corrected chi connectivity index (χ4v) is 6.04. The molecule has 220 valence electrons. The van der Waals surface area contributed by atoms with Crippen LogP contribution in [0.3, 0.4) is 0 Å². The highest BCUT2D eigenvalue weighted by Gasteiger charge is 2.47. The number of halogens is 3. The molecule has 0 unspecified atom stereocenters. The summed E-state index contributed by atoms with van der Waals surface area (Å²) in [5.41, 5.74) is -2.42. The summed E-state index contributed by atoms with van der Waals surface area (Å²) in [7, 11) is -1.86. The first-order valence-electron chi connectivity index (χ1n) is 12.9. The van der Waals surface area contributed by atoms with Gasteiger partial charge in [0.2, 0.25) is 0 Å². The lowest BCUT2D eigenvalue weighted by Crippen LogP contribution is -2.47. The van der Waals surface area contributed by atoms with Crippen molar-refractivity contribution in [1.29, 1.82) is 5.26 Å². The van der Waals surface area contributed by atoms with Crippen LogP contribution in [0.2, 0.25) is 0 Å². The summed E-state index contributed by atoms with van der Waals surface area (Å²) in [6.45, 7) is 4.13. The molecule has 1 fully saturated rings. The molecule has 13 heteroatoms. The van der Waals surface area contributed by atoms with Crippen molar-refractivity contribution in [3.63, 3.8) is 0 Å². The molecule has 40 heavy (non-hydrogen) atoms. The van der Waals surface area contributed by atoms with Gasteiger partial charge in [0.1, 0.15) is 27.2 Å². The zero-order chi connectivity index (χ0) is 30.1. The van der Waals surface area contributed by atoms with Crippen LogP contribution in [0.1, 0.15) is 68.1 Å². The van der Waals surface area contributed by atoms with Gasteiger partial charge in [-0.1, -0.05) is 19.9 Å². The second-order valence-electron chi connectivity index (χ2n) is 11.0. The van der Waals surface area contributed by atoms with Gasteiger partial charge in [-0.3, -0.25) is 9.48 Å². The molecule has 1 aliphatic carbocycles. The van der Waals surface area contributed by atoms with E-state index in [1.54, 1.807) is 13.0 Å². The minimum atomic E-state index is -4.41. The Morgan fingerprint density at radius 3 is 2.42 bits per heavy atom. The van der Waals surface area contributed by atoms with Crippen LogP contribution < -0.4 is 10.1 Å². The highest BCUT2D eigenvalue weighted by Crippen LogP contribution is 2.42.